The first-order chi connectivity index (χ1) is 14.3. The molecule has 1 aliphatic rings. The number of ketones is 1. The molecule has 158 valence electrons. The topological polar surface area (TPSA) is 57.5 Å². The van der Waals surface area contributed by atoms with Crippen LogP contribution >= 0.6 is 23.2 Å². The Kier molecular flexibility index (Phi) is 7.27. The van der Waals surface area contributed by atoms with Gasteiger partial charge in [0.05, 0.1) is 10.0 Å². The first-order valence-electron chi connectivity index (χ1n) is 10.1. The lowest BCUT2D eigenvalue weighted by molar-refractivity contribution is 0.0889. The highest BCUT2D eigenvalue weighted by Gasteiger charge is 2.36. The summed E-state index contributed by atoms with van der Waals surface area (Å²) in [6.07, 6.45) is 7.39. The molecule has 1 aliphatic carbocycles. The number of phenolic OH excluding ortho intramolecular Hbond substituents is 2. The molecule has 0 unspecified atom stereocenters. The van der Waals surface area contributed by atoms with Gasteiger partial charge in [-0.3, -0.25) is 4.79 Å². The van der Waals surface area contributed by atoms with Crippen molar-refractivity contribution in [1.29, 1.82) is 0 Å². The minimum absolute atomic E-state index is 0.0351. The molecule has 0 radical (unpaired) electrons. The predicted octanol–water partition coefficient (Wildman–Crippen LogP) is 7.45. The van der Waals surface area contributed by atoms with Crippen LogP contribution in [0.5, 0.6) is 11.5 Å². The Morgan fingerprint density at radius 1 is 1.10 bits per heavy atom. The van der Waals surface area contributed by atoms with Crippen LogP contribution in [0.1, 0.15) is 61.4 Å². The SMILES string of the molecule is CC(C)=CCCC1=CC[C@@H](C(=O)c2c(O)cccc2O)[C@H](c2cccc(Cl)c2Cl)C1. The summed E-state index contributed by atoms with van der Waals surface area (Å²) in [5.41, 5.74) is 3.35. The highest BCUT2D eigenvalue weighted by atomic mass is 35.5. The molecule has 0 saturated heterocycles. The van der Waals surface area contributed by atoms with Gasteiger partial charge in [0.25, 0.3) is 0 Å². The lowest BCUT2D eigenvalue weighted by Crippen LogP contribution is -2.26. The van der Waals surface area contributed by atoms with Crippen LogP contribution in [0.2, 0.25) is 10.0 Å². The molecule has 30 heavy (non-hydrogen) atoms. The summed E-state index contributed by atoms with van der Waals surface area (Å²) >= 11 is 12.8. The molecule has 2 N–H and O–H groups in total. The first-order valence-corrected chi connectivity index (χ1v) is 10.9. The van der Waals surface area contributed by atoms with Crippen molar-refractivity contribution >= 4 is 29.0 Å². The lowest BCUT2D eigenvalue weighted by atomic mass is 9.72. The zero-order chi connectivity index (χ0) is 21.8. The van der Waals surface area contributed by atoms with Crippen molar-refractivity contribution in [3.8, 4) is 11.5 Å². The van der Waals surface area contributed by atoms with E-state index in [2.05, 4.69) is 26.0 Å². The Hall–Kier alpha value is -2.23. The highest BCUT2D eigenvalue weighted by Crippen LogP contribution is 2.45. The number of hydrogen-bond donors (Lipinski definition) is 2. The van der Waals surface area contributed by atoms with Gasteiger partial charge in [-0.25, -0.2) is 0 Å². The van der Waals surface area contributed by atoms with Crippen molar-refractivity contribution in [3.63, 3.8) is 0 Å². The van der Waals surface area contributed by atoms with E-state index in [1.165, 1.54) is 29.3 Å². The van der Waals surface area contributed by atoms with E-state index in [1.807, 2.05) is 12.1 Å². The molecule has 0 bridgehead atoms. The smallest absolute Gasteiger partial charge is 0.174 e. The molecule has 0 spiro atoms. The average Bonchev–Trinajstić information content (AvgIpc) is 2.69. The van der Waals surface area contributed by atoms with Crippen LogP contribution in [-0.2, 0) is 0 Å². The third kappa shape index (κ3) is 4.91. The van der Waals surface area contributed by atoms with Crippen LogP contribution in [0.15, 0.2) is 59.7 Å². The third-order valence-corrected chi connectivity index (χ3v) is 6.46. The summed E-state index contributed by atoms with van der Waals surface area (Å²) in [6.45, 7) is 4.16. The molecule has 3 rings (SSSR count). The Morgan fingerprint density at radius 3 is 2.43 bits per heavy atom. The summed E-state index contributed by atoms with van der Waals surface area (Å²) in [6, 6.07) is 9.81. The van der Waals surface area contributed by atoms with Crippen LogP contribution in [0.3, 0.4) is 0 Å². The summed E-state index contributed by atoms with van der Waals surface area (Å²) < 4.78 is 0. The van der Waals surface area contributed by atoms with E-state index >= 15 is 0 Å². The number of hydrogen-bond acceptors (Lipinski definition) is 3. The summed E-state index contributed by atoms with van der Waals surface area (Å²) in [5, 5.41) is 21.3. The quantitative estimate of drug-likeness (QED) is 0.359. The number of rotatable bonds is 6. The second kappa shape index (κ2) is 9.72. The fourth-order valence-corrected chi connectivity index (χ4v) is 4.55. The van der Waals surface area contributed by atoms with Gasteiger partial charge in [-0.05, 0) is 69.2 Å². The van der Waals surface area contributed by atoms with Crippen molar-refractivity contribution in [2.45, 2.75) is 45.4 Å². The van der Waals surface area contributed by atoms with E-state index in [4.69, 9.17) is 23.2 Å². The van der Waals surface area contributed by atoms with Crippen molar-refractivity contribution in [1.82, 2.24) is 0 Å². The monoisotopic (exact) mass is 444 g/mol. The summed E-state index contributed by atoms with van der Waals surface area (Å²) in [4.78, 5) is 13.4. The summed E-state index contributed by atoms with van der Waals surface area (Å²) in [5.74, 6) is -1.35. The normalized spacial score (nSPS) is 18.6. The van der Waals surface area contributed by atoms with Gasteiger partial charge in [0.1, 0.15) is 17.1 Å². The molecule has 5 heteroatoms. The molecule has 0 aliphatic heterocycles. The molecule has 0 amide bonds. The maximum absolute atomic E-state index is 13.4. The van der Waals surface area contributed by atoms with E-state index in [0.29, 0.717) is 22.9 Å². The maximum Gasteiger partial charge on any atom is 0.174 e. The molecular formula is C25H26Cl2O3. The third-order valence-electron chi connectivity index (χ3n) is 5.63. The largest absolute Gasteiger partial charge is 0.507 e. The van der Waals surface area contributed by atoms with Crippen molar-refractivity contribution in [2.75, 3.05) is 0 Å². The van der Waals surface area contributed by atoms with Gasteiger partial charge >= 0.3 is 0 Å². The van der Waals surface area contributed by atoms with E-state index in [1.54, 1.807) is 6.07 Å². The van der Waals surface area contributed by atoms with Gasteiger partial charge in [-0.1, -0.05) is 64.7 Å². The van der Waals surface area contributed by atoms with Gasteiger partial charge in [-0.15, -0.1) is 0 Å². The number of phenols is 2. The van der Waals surface area contributed by atoms with Crippen molar-refractivity contribution in [2.24, 2.45) is 5.92 Å². The second-order valence-corrected chi connectivity index (χ2v) is 8.80. The van der Waals surface area contributed by atoms with Gasteiger partial charge in [0, 0.05) is 5.92 Å². The minimum atomic E-state index is -0.452. The number of carbonyl (C=O) groups is 1. The Morgan fingerprint density at radius 2 is 1.77 bits per heavy atom. The molecule has 3 nitrogen and oxygen atoms in total. The average molecular weight is 445 g/mol. The van der Waals surface area contributed by atoms with E-state index in [-0.39, 0.29) is 28.8 Å². The molecule has 2 atom stereocenters. The number of aromatic hydroxyl groups is 2. The minimum Gasteiger partial charge on any atom is -0.507 e. The summed E-state index contributed by atoms with van der Waals surface area (Å²) in [7, 11) is 0. The van der Waals surface area contributed by atoms with Crippen LogP contribution in [0, 0.1) is 5.92 Å². The fourth-order valence-electron chi connectivity index (χ4n) is 4.11. The van der Waals surface area contributed by atoms with E-state index in [9.17, 15) is 15.0 Å². The van der Waals surface area contributed by atoms with Gasteiger partial charge in [0.2, 0.25) is 0 Å². The number of carbonyl (C=O) groups excluding carboxylic acids is 1. The van der Waals surface area contributed by atoms with Crippen molar-refractivity contribution < 1.29 is 15.0 Å². The molecule has 2 aromatic carbocycles. The van der Waals surface area contributed by atoms with Crippen molar-refractivity contribution in [3.05, 3.63) is 80.9 Å². The van der Waals surface area contributed by atoms with Gasteiger partial charge in [0.15, 0.2) is 5.78 Å². The van der Waals surface area contributed by atoms with Crippen LogP contribution < -0.4 is 0 Å². The number of allylic oxidation sites excluding steroid dienone is 4. The molecule has 0 saturated carbocycles. The number of benzene rings is 2. The predicted molar refractivity (Wildman–Crippen MR) is 123 cm³/mol. The molecule has 2 aromatic rings. The second-order valence-electron chi connectivity index (χ2n) is 8.01. The van der Waals surface area contributed by atoms with E-state index < -0.39 is 5.92 Å². The Bertz CT molecular complexity index is 983. The molecular weight excluding hydrogens is 419 g/mol. The number of Topliss-reactive ketones (excluding diaryl/α,β-unsaturated/α-hetero) is 1. The first kappa shape index (κ1) is 22.5. The molecule has 0 fully saturated rings. The Balaban J connectivity index is 1.99. The van der Waals surface area contributed by atoms with Crippen LogP contribution in [-0.4, -0.2) is 16.0 Å². The molecule has 0 aromatic heterocycles. The maximum atomic E-state index is 13.4. The van der Waals surface area contributed by atoms with E-state index in [0.717, 1.165) is 18.4 Å². The van der Waals surface area contributed by atoms with Gasteiger partial charge in [-0.2, -0.15) is 0 Å². The van der Waals surface area contributed by atoms with Crippen LogP contribution in [0.25, 0.3) is 0 Å². The molecule has 0 heterocycles. The highest BCUT2D eigenvalue weighted by molar-refractivity contribution is 6.42. The standard InChI is InChI=1S/C25H26Cl2O3/c1-15(2)6-3-7-16-12-13-18(25(30)23-21(28)10-5-11-22(23)29)19(14-16)17-8-4-9-20(26)24(17)27/h4-6,8-12,18-19,28-29H,3,7,13-14H2,1-2H3/t18-,19+/m1/s1. The fraction of sp³-hybridized carbons (Fsp3) is 0.320. The zero-order valence-corrected chi connectivity index (χ0v) is 18.7. The van der Waals surface area contributed by atoms with Gasteiger partial charge < -0.3 is 10.2 Å². The zero-order valence-electron chi connectivity index (χ0n) is 17.2. The van der Waals surface area contributed by atoms with Crippen LogP contribution in [0.4, 0.5) is 0 Å². The Labute approximate surface area is 187 Å². The lowest BCUT2D eigenvalue weighted by Gasteiger charge is -2.32. The number of halogens is 2.